The molecule has 21 heavy (non-hydrogen) atoms. The average Bonchev–Trinajstić information content (AvgIpc) is 2.77. The van der Waals surface area contributed by atoms with Crippen molar-refractivity contribution < 1.29 is 8.78 Å². The molecule has 0 saturated heterocycles. The molecule has 0 N–H and O–H groups in total. The fourth-order valence-corrected chi connectivity index (χ4v) is 3.37. The van der Waals surface area contributed by atoms with Gasteiger partial charge >= 0.3 is 0 Å². The number of hydrogen-bond donors (Lipinski definition) is 0. The highest BCUT2D eigenvalue weighted by molar-refractivity contribution is 14.1. The Labute approximate surface area is 146 Å². The second kappa shape index (κ2) is 5.81. The largest absolute Gasteiger partial charge is 0.294 e. The van der Waals surface area contributed by atoms with Gasteiger partial charge in [-0.1, -0.05) is 0 Å². The van der Waals surface area contributed by atoms with E-state index in [2.05, 4.69) is 43.5 Å². The average molecular weight is 483 g/mol. The number of benzene rings is 2. The molecule has 0 amide bonds. The van der Waals surface area contributed by atoms with Gasteiger partial charge in [0.2, 0.25) is 0 Å². The minimum absolute atomic E-state index is 0.168. The fraction of sp³-hybridized carbons (Fsp3) is 0.0714. The second-order valence-electron chi connectivity index (χ2n) is 4.35. The predicted octanol–water partition coefficient (Wildman–Crippen LogP) is 5.41. The molecule has 3 rings (SSSR count). The van der Waals surface area contributed by atoms with Crippen LogP contribution in [0, 0.1) is 15.2 Å². The van der Waals surface area contributed by atoms with E-state index in [0.717, 1.165) is 9.26 Å². The van der Waals surface area contributed by atoms with Crippen LogP contribution >= 0.6 is 50.1 Å². The highest BCUT2D eigenvalue weighted by Crippen LogP contribution is 2.29. The van der Waals surface area contributed by atoms with Crippen LogP contribution in [0.4, 0.5) is 8.78 Å². The zero-order valence-corrected chi connectivity index (χ0v) is 14.9. The third-order valence-electron chi connectivity index (χ3n) is 3.04. The molecular formula is C14H7BrClF2IN2. The third-order valence-corrected chi connectivity index (χ3v) is 4.75. The minimum Gasteiger partial charge on any atom is -0.294 e. The van der Waals surface area contributed by atoms with Crippen LogP contribution in [0.2, 0.25) is 0 Å². The van der Waals surface area contributed by atoms with Gasteiger partial charge in [-0.25, -0.2) is 13.8 Å². The standard InChI is InChI=1S/C14H7BrClF2IN2/c15-8-4-13-11(5-9(8)18)20-14(6-16)21(13)12-2-1-7(17)3-10(12)19/h1-5H,6H2. The number of nitrogens with zero attached hydrogens (tertiary/aromatic N) is 2. The molecule has 0 aliphatic rings. The van der Waals surface area contributed by atoms with Crippen molar-refractivity contribution in [3.05, 3.63) is 55.8 Å². The van der Waals surface area contributed by atoms with E-state index in [1.165, 1.54) is 18.2 Å². The molecule has 0 spiro atoms. The van der Waals surface area contributed by atoms with Crippen LogP contribution in [-0.4, -0.2) is 9.55 Å². The number of alkyl halides is 1. The highest BCUT2D eigenvalue weighted by Gasteiger charge is 2.16. The van der Waals surface area contributed by atoms with Crippen molar-refractivity contribution in [2.24, 2.45) is 0 Å². The number of aromatic nitrogens is 2. The molecule has 7 heteroatoms. The lowest BCUT2D eigenvalue weighted by molar-refractivity contribution is 0.623. The first kappa shape index (κ1) is 15.2. The van der Waals surface area contributed by atoms with Gasteiger partial charge in [0, 0.05) is 9.64 Å². The first-order valence-electron chi connectivity index (χ1n) is 5.89. The number of halogens is 5. The van der Waals surface area contributed by atoms with Crippen molar-refractivity contribution in [3.63, 3.8) is 0 Å². The smallest absolute Gasteiger partial charge is 0.139 e. The van der Waals surface area contributed by atoms with E-state index in [-0.39, 0.29) is 17.5 Å². The van der Waals surface area contributed by atoms with E-state index >= 15 is 0 Å². The Morgan fingerprint density at radius 1 is 1.24 bits per heavy atom. The Bertz CT molecular complexity index is 851. The summed E-state index contributed by atoms with van der Waals surface area (Å²) in [5.41, 5.74) is 1.98. The zero-order valence-electron chi connectivity index (χ0n) is 10.4. The number of imidazole rings is 1. The number of fused-ring (bicyclic) bond motifs is 1. The summed E-state index contributed by atoms with van der Waals surface area (Å²) in [7, 11) is 0. The fourth-order valence-electron chi connectivity index (χ4n) is 2.14. The van der Waals surface area contributed by atoms with Gasteiger partial charge in [-0.15, -0.1) is 11.6 Å². The van der Waals surface area contributed by atoms with Gasteiger partial charge < -0.3 is 0 Å². The van der Waals surface area contributed by atoms with Crippen LogP contribution < -0.4 is 0 Å². The van der Waals surface area contributed by atoms with E-state index in [4.69, 9.17) is 11.6 Å². The molecule has 1 aromatic heterocycles. The molecule has 3 aromatic rings. The molecular weight excluding hydrogens is 476 g/mol. The van der Waals surface area contributed by atoms with Crippen molar-refractivity contribution in [1.82, 2.24) is 9.55 Å². The Kier molecular flexibility index (Phi) is 4.20. The van der Waals surface area contributed by atoms with Crippen molar-refractivity contribution in [2.75, 3.05) is 0 Å². The summed E-state index contributed by atoms with van der Waals surface area (Å²) in [6.45, 7) is 0. The number of rotatable bonds is 2. The Balaban J connectivity index is 2.37. The molecule has 108 valence electrons. The van der Waals surface area contributed by atoms with Crippen molar-refractivity contribution in [3.8, 4) is 5.69 Å². The molecule has 0 atom stereocenters. The summed E-state index contributed by atoms with van der Waals surface area (Å²) < 4.78 is 29.8. The van der Waals surface area contributed by atoms with Gasteiger partial charge in [-0.3, -0.25) is 4.57 Å². The molecule has 0 aliphatic heterocycles. The molecule has 0 radical (unpaired) electrons. The van der Waals surface area contributed by atoms with Gasteiger partial charge in [-0.2, -0.15) is 0 Å². The Hall–Kier alpha value is -0.730. The molecule has 1 heterocycles. The van der Waals surface area contributed by atoms with Gasteiger partial charge in [-0.05, 0) is 62.8 Å². The van der Waals surface area contributed by atoms with Crippen LogP contribution in [-0.2, 0) is 5.88 Å². The highest BCUT2D eigenvalue weighted by atomic mass is 127. The maximum Gasteiger partial charge on any atom is 0.139 e. The summed E-state index contributed by atoms with van der Waals surface area (Å²) in [4.78, 5) is 4.35. The van der Waals surface area contributed by atoms with E-state index in [1.807, 2.05) is 4.57 Å². The van der Waals surface area contributed by atoms with E-state index in [9.17, 15) is 8.78 Å². The van der Waals surface area contributed by atoms with Crippen LogP contribution in [0.5, 0.6) is 0 Å². The van der Waals surface area contributed by atoms with Gasteiger partial charge in [0.15, 0.2) is 0 Å². The van der Waals surface area contributed by atoms with Crippen LogP contribution in [0.1, 0.15) is 5.82 Å². The summed E-state index contributed by atoms with van der Waals surface area (Å²) in [5, 5.41) is 0. The Morgan fingerprint density at radius 3 is 2.67 bits per heavy atom. The lowest BCUT2D eigenvalue weighted by Gasteiger charge is -2.10. The molecule has 0 fully saturated rings. The van der Waals surface area contributed by atoms with Crippen LogP contribution in [0.3, 0.4) is 0 Å². The Morgan fingerprint density at radius 2 is 2.00 bits per heavy atom. The maximum atomic E-state index is 13.6. The molecule has 0 unspecified atom stereocenters. The molecule has 0 aliphatic carbocycles. The first-order chi connectivity index (χ1) is 10.0. The summed E-state index contributed by atoms with van der Waals surface area (Å²) in [6, 6.07) is 7.46. The quantitative estimate of drug-likeness (QED) is 0.352. The van der Waals surface area contributed by atoms with E-state index < -0.39 is 0 Å². The van der Waals surface area contributed by atoms with Crippen molar-refractivity contribution in [1.29, 1.82) is 0 Å². The monoisotopic (exact) mass is 482 g/mol. The van der Waals surface area contributed by atoms with E-state index in [1.54, 1.807) is 12.1 Å². The lowest BCUT2D eigenvalue weighted by Crippen LogP contribution is -2.02. The van der Waals surface area contributed by atoms with Crippen molar-refractivity contribution in [2.45, 2.75) is 5.88 Å². The van der Waals surface area contributed by atoms with E-state index in [0.29, 0.717) is 21.3 Å². The van der Waals surface area contributed by atoms with Gasteiger partial charge in [0.25, 0.3) is 0 Å². The van der Waals surface area contributed by atoms with Crippen LogP contribution in [0.15, 0.2) is 34.8 Å². The van der Waals surface area contributed by atoms with Crippen LogP contribution in [0.25, 0.3) is 16.7 Å². The molecule has 0 bridgehead atoms. The normalized spacial score (nSPS) is 11.3. The molecule has 2 aromatic carbocycles. The summed E-state index contributed by atoms with van der Waals surface area (Å²) >= 11 is 11.2. The van der Waals surface area contributed by atoms with Gasteiger partial charge in [0.05, 0.1) is 27.1 Å². The topological polar surface area (TPSA) is 17.8 Å². The maximum absolute atomic E-state index is 13.6. The zero-order chi connectivity index (χ0) is 15.1. The lowest BCUT2D eigenvalue weighted by atomic mass is 10.2. The van der Waals surface area contributed by atoms with Crippen molar-refractivity contribution >= 4 is 61.2 Å². The summed E-state index contributed by atoms with van der Waals surface area (Å²) in [5.74, 6) is 0.0458. The predicted molar refractivity (Wildman–Crippen MR) is 91.0 cm³/mol. The third kappa shape index (κ3) is 2.68. The minimum atomic E-state index is -0.387. The SMILES string of the molecule is Fc1ccc(-n2c(CCl)nc3cc(F)c(Br)cc32)c(I)c1. The van der Waals surface area contributed by atoms with Gasteiger partial charge in [0.1, 0.15) is 17.5 Å². The number of hydrogen-bond acceptors (Lipinski definition) is 1. The first-order valence-corrected chi connectivity index (χ1v) is 8.29. The summed E-state index contributed by atoms with van der Waals surface area (Å²) in [6.07, 6.45) is 0. The molecule has 0 saturated carbocycles. The second-order valence-corrected chi connectivity index (χ2v) is 6.63. The molecule has 2 nitrogen and oxygen atoms in total.